The number of carbonyl (C=O) groups excluding carboxylic acids is 2. The van der Waals surface area contributed by atoms with E-state index in [4.69, 9.17) is 14.6 Å². The largest absolute Gasteiger partial charge is 0.482 e. The molecule has 2 amide bonds. The molecule has 0 fully saturated rings. The van der Waals surface area contributed by atoms with E-state index >= 15 is 0 Å². The minimum atomic E-state index is -1.05. The van der Waals surface area contributed by atoms with E-state index in [0.717, 1.165) is 5.56 Å². The number of fused-ring (bicyclic) bond motifs is 1. The topological polar surface area (TPSA) is 105 Å². The number of aliphatic carboxylic acids is 1. The van der Waals surface area contributed by atoms with Crippen LogP contribution < -0.4 is 14.8 Å². The van der Waals surface area contributed by atoms with Crippen LogP contribution in [0.2, 0.25) is 0 Å². The predicted octanol–water partition coefficient (Wildman–Crippen LogP) is 1.90. The molecular weight excluding hydrogens is 364 g/mol. The summed E-state index contributed by atoms with van der Waals surface area (Å²) in [6.45, 7) is -0.0761. The molecule has 1 unspecified atom stereocenters. The van der Waals surface area contributed by atoms with Crippen molar-refractivity contribution >= 4 is 23.5 Å². The number of nitrogens with one attached hydrogen (secondary N) is 1. The van der Waals surface area contributed by atoms with Crippen LogP contribution in [0.3, 0.4) is 0 Å². The minimum Gasteiger partial charge on any atom is -0.482 e. The zero-order chi connectivity index (χ0) is 20.1. The lowest BCUT2D eigenvalue weighted by molar-refractivity contribution is -0.139. The molecule has 0 saturated heterocycles. The molecule has 3 rings (SSSR count). The zero-order valence-electron chi connectivity index (χ0n) is 15.3. The summed E-state index contributed by atoms with van der Waals surface area (Å²) in [6, 6.07) is 13.9. The van der Waals surface area contributed by atoms with Crippen LogP contribution in [0, 0.1) is 0 Å². The van der Waals surface area contributed by atoms with E-state index in [1.54, 1.807) is 55.6 Å². The maximum absolute atomic E-state index is 12.5. The normalized spacial score (nSPS) is 15.0. The standard InChI is InChI=1S/C20H20N2O6/c1-22(11-13-6-8-14(9-7-13)27-12-19(24)25)18(23)10-17-20(26)21-15-4-2-3-5-16(15)28-17/h2-9,17H,10-12H2,1H3,(H,21,26)(H,24,25). The summed E-state index contributed by atoms with van der Waals surface area (Å²) in [4.78, 5) is 36.7. The number of carboxylic acids is 1. The Kier molecular flexibility index (Phi) is 5.78. The summed E-state index contributed by atoms with van der Waals surface area (Å²) in [7, 11) is 1.64. The molecule has 1 aliphatic rings. The van der Waals surface area contributed by atoms with Crippen LogP contribution in [0.5, 0.6) is 11.5 Å². The second kappa shape index (κ2) is 8.43. The molecule has 8 nitrogen and oxygen atoms in total. The van der Waals surface area contributed by atoms with Crippen LogP contribution in [0.15, 0.2) is 48.5 Å². The second-order valence-electron chi connectivity index (χ2n) is 6.37. The van der Waals surface area contributed by atoms with Gasteiger partial charge in [-0.1, -0.05) is 24.3 Å². The first-order chi connectivity index (χ1) is 13.4. The lowest BCUT2D eigenvalue weighted by Crippen LogP contribution is -2.41. The molecule has 8 heteroatoms. The van der Waals surface area contributed by atoms with Crippen molar-refractivity contribution in [2.24, 2.45) is 0 Å². The van der Waals surface area contributed by atoms with Crippen LogP contribution in [-0.4, -0.2) is 47.5 Å². The van der Waals surface area contributed by atoms with Crippen LogP contribution in [0.1, 0.15) is 12.0 Å². The van der Waals surface area contributed by atoms with E-state index in [9.17, 15) is 14.4 Å². The minimum absolute atomic E-state index is 0.0729. The van der Waals surface area contributed by atoms with Crippen molar-refractivity contribution in [1.82, 2.24) is 4.90 Å². The molecule has 0 bridgehead atoms. The summed E-state index contributed by atoms with van der Waals surface area (Å²) in [5.74, 6) is -0.650. The highest BCUT2D eigenvalue weighted by molar-refractivity contribution is 5.99. The molecule has 0 aromatic heterocycles. The summed E-state index contributed by atoms with van der Waals surface area (Å²) in [6.07, 6.45) is -0.951. The Morgan fingerprint density at radius 3 is 2.61 bits per heavy atom. The van der Waals surface area contributed by atoms with Gasteiger partial charge < -0.3 is 24.8 Å². The Balaban J connectivity index is 1.55. The van der Waals surface area contributed by atoms with Crippen molar-refractivity contribution in [2.75, 3.05) is 19.0 Å². The van der Waals surface area contributed by atoms with E-state index in [1.165, 1.54) is 4.90 Å². The molecule has 1 heterocycles. The third-order valence-electron chi connectivity index (χ3n) is 4.20. The van der Waals surface area contributed by atoms with Gasteiger partial charge in [0.05, 0.1) is 12.1 Å². The Morgan fingerprint density at radius 1 is 1.18 bits per heavy atom. The molecule has 1 atom stereocenters. The summed E-state index contributed by atoms with van der Waals surface area (Å²) >= 11 is 0. The van der Waals surface area contributed by atoms with E-state index in [1.807, 2.05) is 0 Å². The van der Waals surface area contributed by atoms with E-state index in [0.29, 0.717) is 23.7 Å². The summed E-state index contributed by atoms with van der Waals surface area (Å²) < 4.78 is 10.7. The maximum atomic E-state index is 12.5. The average molecular weight is 384 g/mol. The van der Waals surface area contributed by atoms with Crippen molar-refractivity contribution in [1.29, 1.82) is 0 Å². The van der Waals surface area contributed by atoms with E-state index in [2.05, 4.69) is 5.32 Å². The first kappa shape index (κ1) is 19.2. The van der Waals surface area contributed by atoms with Gasteiger partial charge in [-0.05, 0) is 29.8 Å². The third-order valence-corrected chi connectivity index (χ3v) is 4.20. The average Bonchev–Trinajstić information content (AvgIpc) is 2.68. The van der Waals surface area contributed by atoms with Gasteiger partial charge in [-0.25, -0.2) is 4.79 Å². The van der Waals surface area contributed by atoms with Gasteiger partial charge in [0.1, 0.15) is 11.5 Å². The fourth-order valence-corrected chi connectivity index (χ4v) is 2.74. The number of hydrogen-bond acceptors (Lipinski definition) is 5. The van der Waals surface area contributed by atoms with Gasteiger partial charge in [-0.15, -0.1) is 0 Å². The van der Waals surface area contributed by atoms with Crippen molar-refractivity contribution in [3.8, 4) is 11.5 Å². The molecule has 0 radical (unpaired) electrons. The molecule has 28 heavy (non-hydrogen) atoms. The molecule has 2 N–H and O–H groups in total. The van der Waals surface area contributed by atoms with Gasteiger partial charge in [-0.3, -0.25) is 9.59 Å². The Bertz CT molecular complexity index is 881. The van der Waals surface area contributed by atoms with Crippen LogP contribution in [0.4, 0.5) is 5.69 Å². The van der Waals surface area contributed by atoms with Crippen molar-refractivity contribution in [2.45, 2.75) is 19.1 Å². The molecule has 146 valence electrons. The van der Waals surface area contributed by atoms with Crippen molar-refractivity contribution < 1.29 is 29.0 Å². The Hall–Kier alpha value is -3.55. The van der Waals surface area contributed by atoms with Gasteiger partial charge in [0.25, 0.3) is 5.91 Å². The highest BCUT2D eigenvalue weighted by Crippen LogP contribution is 2.29. The SMILES string of the molecule is CN(Cc1ccc(OCC(=O)O)cc1)C(=O)CC1Oc2ccccc2NC1=O. The van der Waals surface area contributed by atoms with Crippen molar-refractivity contribution in [3.63, 3.8) is 0 Å². The molecule has 0 aliphatic carbocycles. The smallest absolute Gasteiger partial charge is 0.341 e. The predicted molar refractivity (Wildman–Crippen MR) is 100 cm³/mol. The van der Waals surface area contributed by atoms with Crippen molar-refractivity contribution in [3.05, 3.63) is 54.1 Å². The number of hydrogen-bond donors (Lipinski definition) is 2. The first-order valence-corrected chi connectivity index (χ1v) is 8.66. The Morgan fingerprint density at radius 2 is 1.89 bits per heavy atom. The summed E-state index contributed by atoms with van der Waals surface area (Å²) in [5.41, 5.74) is 1.44. The van der Waals surface area contributed by atoms with Gasteiger partial charge in [0.2, 0.25) is 5.91 Å². The first-order valence-electron chi connectivity index (χ1n) is 8.66. The van der Waals surface area contributed by atoms with Gasteiger partial charge in [0.15, 0.2) is 12.7 Å². The molecule has 0 spiro atoms. The quantitative estimate of drug-likeness (QED) is 0.755. The number of benzene rings is 2. The molecule has 1 aliphatic heterocycles. The number of carboxylic acid groups (broad SMARTS) is 1. The van der Waals surface area contributed by atoms with Gasteiger partial charge in [0, 0.05) is 13.6 Å². The fourth-order valence-electron chi connectivity index (χ4n) is 2.74. The maximum Gasteiger partial charge on any atom is 0.341 e. The fraction of sp³-hybridized carbons (Fsp3) is 0.250. The lowest BCUT2D eigenvalue weighted by Gasteiger charge is -2.27. The highest BCUT2D eigenvalue weighted by Gasteiger charge is 2.30. The number of rotatable bonds is 7. The number of anilines is 1. The van der Waals surface area contributed by atoms with Crippen LogP contribution in [0.25, 0.3) is 0 Å². The van der Waals surface area contributed by atoms with E-state index in [-0.39, 0.29) is 18.2 Å². The monoisotopic (exact) mass is 384 g/mol. The number of amides is 2. The zero-order valence-corrected chi connectivity index (χ0v) is 15.3. The van der Waals surface area contributed by atoms with E-state index < -0.39 is 18.7 Å². The van der Waals surface area contributed by atoms with Crippen LogP contribution in [-0.2, 0) is 20.9 Å². The molecular formula is C20H20N2O6. The lowest BCUT2D eigenvalue weighted by atomic mass is 10.1. The number of para-hydroxylation sites is 2. The second-order valence-corrected chi connectivity index (χ2v) is 6.37. The third kappa shape index (κ3) is 4.79. The number of nitrogens with zero attached hydrogens (tertiary/aromatic N) is 1. The number of ether oxygens (including phenoxy) is 2. The molecule has 0 saturated carbocycles. The Labute approximate surface area is 161 Å². The number of carbonyl (C=O) groups is 3. The summed E-state index contributed by atoms with van der Waals surface area (Å²) in [5, 5.41) is 11.3. The van der Waals surface area contributed by atoms with Gasteiger partial charge >= 0.3 is 5.97 Å². The highest BCUT2D eigenvalue weighted by atomic mass is 16.5. The van der Waals surface area contributed by atoms with Gasteiger partial charge in [-0.2, -0.15) is 0 Å². The molecule has 2 aromatic rings. The van der Waals surface area contributed by atoms with Crippen LogP contribution >= 0.6 is 0 Å². The molecule has 2 aromatic carbocycles.